The Hall–Kier alpha value is -3.73. The molecule has 0 aliphatic carbocycles. The molecule has 0 radical (unpaired) electrons. The SMILES string of the molecule is FC(F)(F)c1ccc(Nc2nc(C3CCCN3)nc3cc(-c4ncccc4C(F)(F)F)ccc23)cc1. The van der Waals surface area contributed by atoms with Gasteiger partial charge in [-0.15, -0.1) is 0 Å². The van der Waals surface area contributed by atoms with E-state index in [2.05, 4.69) is 25.6 Å². The molecule has 5 nitrogen and oxygen atoms in total. The van der Waals surface area contributed by atoms with Crippen molar-refractivity contribution in [3.63, 3.8) is 0 Å². The molecule has 186 valence electrons. The van der Waals surface area contributed by atoms with E-state index in [4.69, 9.17) is 0 Å². The van der Waals surface area contributed by atoms with Crippen LogP contribution in [-0.4, -0.2) is 21.5 Å². The van der Waals surface area contributed by atoms with Gasteiger partial charge in [0.15, 0.2) is 0 Å². The molecule has 0 spiro atoms. The highest BCUT2D eigenvalue weighted by Gasteiger charge is 2.34. The zero-order valence-electron chi connectivity index (χ0n) is 18.6. The van der Waals surface area contributed by atoms with Crippen LogP contribution in [0.1, 0.15) is 35.8 Å². The van der Waals surface area contributed by atoms with Crippen LogP contribution in [0.3, 0.4) is 0 Å². The van der Waals surface area contributed by atoms with Gasteiger partial charge in [-0.3, -0.25) is 4.98 Å². The fourth-order valence-corrected chi connectivity index (χ4v) is 4.19. The van der Waals surface area contributed by atoms with Crippen molar-refractivity contribution in [2.45, 2.75) is 31.2 Å². The molecule has 11 heteroatoms. The van der Waals surface area contributed by atoms with Gasteiger partial charge in [-0.1, -0.05) is 6.07 Å². The van der Waals surface area contributed by atoms with Gasteiger partial charge in [0.1, 0.15) is 11.6 Å². The van der Waals surface area contributed by atoms with Crippen LogP contribution >= 0.6 is 0 Å². The van der Waals surface area contributed by atoms with Crippen molar-refractivity contribution < 1.29 is 26.3 Å². The van der Waals surface area contributed by atoms with Crippen LogP contribution in [0.25, 0.3) is 22.2 Å². The van der Waals surface area contributed by atoms with Gasteiger partial charge in [-0.2, -0.15) is 26.3 Å². The topological polar surface area (TPSA) is 62.7 Å². The fraction of sp³-hybridized carbons (Fsp3) is 0.240. The first kappa shape index (κ1) is 24.0. The van der Waals surface area contributed by atoms with Crippen molar-refractivity contribution >= 4 is 22.4 Å². The Morgan fingerprint density at radius 3 is 2.33 bits per heavy atom. The lowest BCUT2D eigenvalue weighted by atomic mass is 10.0. The number of hydrogen-bond donors (Lipinski definition) is 2. The highest BCUT2D eigenvalue weighted by atomic mass is 19.4. The van der Waals surface area contributed by atoms with Crippen molar-refractivity contribution in [3.8, 4) is 11.3 Å². The summed E-state index contributed by atoms with van der Waals surface area (Å²) >= 11 is 0. The van der Waals surface area contributed by atoms with E-state index >= 15 is 0 Å². The first-order chi connectivity index (χ1) is 17.1. The Labute approximate surface area is 201 Å². The van der Waals surface area contributed by atoms with Crippen molar-refractivity contribution in [3.05, 3.63) is 77.7 Å². The van der Waals surface area contributed by atoms with Gasteiger partial charge >= 0.3 is 12.4 Å². The van der Waals surface area contributed by atoms with Crippen molar-refractivity contribution in [2.75, 3.05) is 11.9 Å². The highest BCUT2D eigenvalue weighted by Crippen LogP contribution is 2.38. The molecule has 2 aromatic heterocycles. The van der Waals surface area contributed by atoms with E-state index in [1.54, 1.807) is 6.07 Å². The average Bonchev–Trinajstić information content (AvgIpc) is 3.38. The Morgan fingerprint density at radius 1 is 0.889 bits per heavy atom. The number of alkyl halides is 6. The van der Waals surface area contributed by atoms with Crippen molar-refractivity contribution in [1.82, 2.24) is 20.3 Å². The van der Waals surface area contributed by atoms with Crippen LogP contribution in [0.5, 0.6) is 0 Å². The molecule has 1 unspecified atom stereocenters. The predicted octanol–water partition coefficient (Wildman–Crippen LogP) is 6.90. The number of benzene rings is 2. The minimum Gasteiger partial charge on any atom is -0.340 e. The molecule has 4 aromatic rings. The van der Waals surface area contributed by atoms with E-state index in [9.17, 15) is 26.3 Å². The summed E-state index contributed by atoms with van der Waals surface area (Å²) in [6.07, 6.45) is -6.06. The average molecular weight is 503 g/mol. The van der Waals surface area contributed by atoms with Crippen LogP contribution in [0.15, 0.2) is 60.8 Å². The largest absolute Gasteiger partial charge is 0.418 e. The highest BCUT2D eigenvalue weighted by molar-refractivity contribution is 5.93. The maximum absolute atomic E-state index is 13.6. The molecule has 2 N–H and O–H groups in total. The molecule has 5 rings (SSSR count). The summed E-state index contributed by atoms with van der Waals surface area (Å²) in [6, 6.07) is 11.2. The van der Waals surface area contributed by atoms with Gasteiger partial charge in [-0.05, 0) is 67.9 Å². The van der Waals surface area contributed by atoms with Crippen LogP contribution in [-0.2, 0) is 12.4 Å². The molecule has 36 heavy (non-hydrogen) atoms. The number of hydrogen-bond acceptors (Lipinski definition) is 5. The molecular formula is C25H19F6N5. The maximum Gasteiger partial charge on any atom is 0.418 e. The Kier molecular flexibility index (Phi) is 6.03. The summed E-state index contributed by atoms with van der Waals surface area (Å²) < 4.78 is 79.5. The molecule has 1 aliphatic rings. The zero-order chi connectivity index (χ0) is 25.5. The molecule has 0 saturated carbocycles. The second kappa shape index (κ2) is 9.05. The van der Waals surface area contributed by atoms with Gasteiger partial charge in [0.2, 0.25) is 0 Å². The van der Waals surface area contributed by atoms with Gasteiger partial charge in [-0.25, -0.2) is 9.97 Å². The van der Waals surface area contributed by atoms with Crippen LogP contribution in [0, 0.1) is 0 Å². The third kappa shape index (κ3) is 4.83. The minimum atomic E-state index is -4.58. The fourth-order valence-electron chi connectivity index (χ4n) is 4.19. The van der Waals surface area contributed by atoms with E-state index < -0.39 is 23.5 Å². The number of aromatic nitrogens is 3. The molecule has 0 bridgehead atoms. The normalized spacial score (nSPS) is 16.4. The third-order valence-electron chi connectivity index (χ3n) is 5.95. The minimum absolute atomic E-state index is 0.146. The van der Waals surface area contributed by atoms with E-state index in [-0.39, 0.29) is 17.3 Å². The number of anilines is 2. The van der Waals surface area contributed by atoms with E-state index in [1.807, 2.05) is 0 Å². The van der Waals surface area contributed by atoms with Crippen LogP contribution in [0.4, 0.5) is 37.8 Å². The summed E-state index contributed by atoms with van der Waals surface area (Å²) in [4.78, 5) is 13.2. The summed E-state index contributed by atoms with van der Waals surface area (Å²) in [5.41, 5.74) is -0.861. The van der Waals surface area contributed by atoms with Crippen molar-refractivity contribution in [1.29, 1.82) is 0 Å². The Bertz CT molecular complexity index is 1390. The summed E-state index contributed by atoms with van der Waals surface area (Å²) in [5, 5.41) is 6.84. The lowest BCUT2D eigenvalue weighted by molar-refractivity contribution is -0.138. The molecule has 1 saturated heterocycles. The third-order valence-corrected chi connectivity index (χ3v) is 5.95. The number of nitrogens with zero attached hydrogens (tertiary/aromatic N) is 3. The van der Waals surface area contributed by atoms with Crippen molar-refractivity contribution in [2.24, 2.45) is 0 Å². The van der Waals surface area contributed by atoms with Gasteiger partial charge < -0.3 is 10.6 Å². The standard InChI is InChI=1S/C25H19F6N5/c26-24(27,28)15-6-8-16(9-7-15)34-22-17-10-5-14(21-18(25(29,30)31)3-1-12-33-21)13-20(17)35-23(36-22)19-4-2-11-32-19/h1,3,5-10,12-13,19,32H,2,4,11H2,(H,34,35,36). The van der Waals surface area contributed by atoms with Gasteiger partial charge in [0.25, 0.3) is 0 Å². The number of halogens is 6. The van der Waals surface area contributed by atoms with E-state index in [1.165, 1.54) is 36.5 Å². The molecule has 3 heterocycles. The number of fused-ring (bicyclic) bond motifs is 1. The smallest absolute Gasteiger partial charge is 0.340 e. The van der Waals surface area contributed by atoms with E-state index in [0.717, 1.165) is 37.6 Å². The number of nitrogens with one attached hydrogen (secondary N) is 2. The Balaban J connectivity index is 1.60. The molecule has 2 aromatic carbocycles. The molecule has 1 atom stereocenters. The lowest BCUT2D eigenvalue weighted by Crippen LogP contribution is -2.16. The monoisotopic (exact) mass is 503 g/mol. The summed E-state index contributed by atoms with van der Waals surface area (Å²) in [7, 11) is 0. The second-order valence-electron chi connectivity index (χ2n) is 8.41. The number of rotatable bonds is 4. The van der Waals surface area contributed by atoms with E-state index in [0.29, 0.717) is 28.2 Å². The summed E-state index contributed by atoms with van der Waals surface area (Å²) in [6.45, 7) is 0.774. The second-order valence-corrected chi connectivity index (χ2v) is 8.41. The lowest BCUT2D eigenvalue weighted by Gasteiger charge is -2.16. The van der Waals surface area contributed by atoms with Gasteiger partial charge in [0, 0.05) is 22.8 Å². The first-order valence-corrected chi connectivity index (χ1v) is 11.1. The van der Waals surface area contributed by atoms with Gasteiger partial charge in [0.05, 0.1) is 28.4 Å². The molecular weight excluding hydrogens is 484 g/mol. The predicted molar refractivity (Wildman–Crippen MR) is 122 cm³/mol. The quantitative estimate of drug-likeness (QED) is 0.297. The zero-order valence-corrected chi connectivity index (χ0v) is 18.6. The maximum atomic E-state index is 13.6. The number of pyridine rings is 1. The molecule has 1 aliphatic heterocycles. The first-order valence-electron chi connectivity index (χ1n) is 11.1. The van der Waals surface area contributed by atoms with Crippen LogP contribution in [0.2, 0.25) is 0 Å². The Morgan fingerprint density at radius 2 is 1.67 bits per heavy atom. The summed E-state index contributed by atoms with van der Waals surface area (Å²) in [5.74, 6) is 0.788. The molecule has 0 amide bonds. The molecule has 1 fully saturated rings. The van der Waals surface area contributed by atoms with Crippen LogP contribution < -0.4 is 10.6 Å².